The molecule has 210 valence electrons. The first-order chi connectivity index (χ1) is 20.2. The normalized spacial score (nSPS) is 17.6. The van der Waals surface area contributed by atoms with Gasteiger partial charge >= 0.3 is 0 Å². The van der Waals surface area contributed by atoms with Gasteiger partial charge in [-0.2, -0.15) is 0 Å². The number of carbonyl (C=O) groups excluding carboxylic acids is 2. The summed E-state index contributed by atoms with van der Waals surface area (Å²) in [7, 11) is 0. The van der Waals surface area contributed by atoms with Crippen molar-refractivity contribution in [2.75, 3.05) is 9.80 Å². The molecule has 2 aliphatic heterocycles. The number of carbonyl (C=O) groups is 2. The zero-order chi connectivity index (χ0) is 29.3. The molecule has 2 amide bonds. The van der Waals surface area contributed by atoms with Crippen LogP contribution in [0.5, 0.6) is 0 Å². The monoisotopic (exact) mass is 580 g/mol. The fraction of sp³-hybridized carbons (Fsp3) is 0.219. The fourth-order valence-corrected chi connectivity index (χ4v) is 7.12. The van der Waals surface area contributed by atoms with Crippen molar-refractivity contribution < 1.29 is 18.4 Å². The summed E-state index contributed by atoms with van der Waals surface area (Å²) >= 11 is 1.20. The Morgan fingerprint density at radius 1 is 1.00 bits per heavy atom. The predicted octanol–water partition coefficient (Wildman–Crippen LogP) is 5.74. The van der Waals surface area contributed by atoms with Crippen LogP contribution in [0.4, 0.5) is 15.2 Å². The lowest BCUT2D eigenvalue weighted by Crippen LogP contribution is -2.53. The molecule has 0 saturated heterocycles. The molecule has 0 fully saturated rings. The minimum atomic E-state index is -1.92. The van der Waals surface area contributed by atoms with Crippen molar-refractivity contribution in [2.24, 2.45) is 5.92 Å². The van der Waals surface area contributed by atoms with E-state index in [4.69, 9.17) is 4.42 Å². The number of amides is 2. The molecule has 1 unspecified atom stereocenters. The number of nitrogens with zero attached hydrogens (tertiary/aromatic N) is 4. The van der Waals surface area contributed by atoms with Crippen LogP contribution in [0, 0.1) is 18.7 Å². The highest BCUT2D eigenvalue weighted by molar-refractivity contribution is 7.15. The summed E-state index contributed by atoms with van der Waals surface area (Å²) in [6, 6.07) is 18.4. The maximum Gasteiger partial charge on any atom is 0.297 e. The highest BCUT2D eigenvalue weighted by Crippen LogP contribution is 2.54. The van der Waals surface area contributed by atoms with Crippen LogP contribution in [-0.2, 0) is 23.3 Å². The van der Waals surface area contributed by atoms with E-state index in [-0.39, 0.29) is 39.9 Å². The van der Waals surface area contributed by atoms with Gasteiger partial charge in [0.05, 0.1) is 23.2 Å². The van der Waals surface area contributed by atoms with Gasteiger partial charge in [0.2, 0.25) is 10.9 Å². The van der Waals surface area contributed by atoms with E-state index in [1.165, 1.54) is 22.3 Å². The molecule has 0 saturated carbocycles. The summed E-state index contributed by atoms with van der Waals surface area (Å²) in [4.78, 5) is 46.4. The Morgan fingerprint density at radius 2 is 1.76 bits per heavy atom. The molecule has 2 aromatic heterocycles. The van der Waals surface area contributed by atoms with Gasteiger partial charge in [-0.3, -0.25) is 19.3 Å². The summed E-state index contributed by atoms with van der Waals surface area (Å²) in [5.74, 6) is -1.79. The topological polar surface area (TPSA) is 96.6 Å². The lowest BCUT2D eigenvalue weighted by molar-refractivity contribution is -0.121. The molecule has 7 rings (SSSR count). The van der Waals surface area contributed by atoms with Crippen molar-refractivity contribution in [2.45, 2.75) is 39.3 Å². The first-order valence-electron chi connectivity index (χ1n) is 13.6. The van der Waals surface area contributed by atoms with Gasteiger partial charge in [0.25, 0.3) is 11.8 Å². The fourth-order valence-electron chi connectivity index (χ4n) is 6.02. The SMILES string of the molecule is Cc1ccccc1CN1C(=O)C2(c3ccccc31)c1c(oc3ccc(F)cc3c1=O)C(=O)N2c1nnc(CC(C)C)s1. The molecule has 0 bridgehead atoms. The zero-order valence-electron chi connectivity index (χ0n) is 23.1. The number of para-hydroxylation sites is 1. The molecule has 3 aromatic carbocycles. The van der Waals surface area contributed by atoms with Gasteiger partial charge in [0.15, 0.2) is 11.0 Å². The Labute approximate surface area is 244 Å². The molecular formula is C32H25FN4O4S. The maximum absolute atomic E-state index is 15.0. The molecule has 2 aliphatic rings. The van der Waals surface area contributed by atoms with Crippen molar-refractivity contribution in [1.82, 2.24) is 10.2 Å². The first-order valence-corrected chi connectivity index (χ1v) is 14.4. The number of hydrogen-bond acceptors (Lipinski definition) is 7. The minimum absolute atomic E-state index is 0.0526. The molecule has 0 aliphatic carbocycles. The second-order valence-electron chi connectivity index (χ2n) is 11.0. The summed E-state index contributed by atoms with van der Waals surface area (Å²) in [6.45, 7) is 6.27. The molecule has 4 heterocycles. The lowest BCUT2D eigenvalue weighted by Gasteiger charge is -2.32. The Kier molecular flexibility index (Phi) is 5.88. The number of hydrogen-bond donors (Lipinski definition) is 0. The van der Waals surface area contributed by atoms with Crippen molar-refractivity contribution in [3.8, 4) is 0 Å². The lowest BCUT2D eigenvalue weighted by atomic mass is 9.84. The van der Waals surface area contributed by atoms with Gasteiger partial charge in [0, 0.05) is 12.0 Å². The van der Waals surface area contributed by atoms with Gasteiger partial charge in [-0.1, -0.05) is 67.6 Å². The van der Waals surface area contributed by atoms with Crippen LogP contribution in [0.1, 0.15) is 51.7 Å². The van der Waals surface area contributed by atoms with Gasteiger partial charge < -0.3 is 9.32 Å². The molecule has 8 nitrogen and oxygen atoms in total. The molecule has 0 radical (unpaired) electrons. The van der Waals surface area contributed by atoms with Crippen LogP contribution in [0.15, 0.2) is 75.9 Å². The van der Waals surface area contributed by atoms with E-state index in [0.717, 1.165) is 23.3 Å². The molecule has 0 N–H and O–H groups in total. The highest BCUT2D eigenvalue weighted by Gasteiger charge is 2.66. The van der Waals surface area contributed by atoms with Crippen molar-refractivity contribution in [3.63, 3.8) is 0 Å². The van der Waals surface area contributed by atoms with E-state index in [0.29, 0.717) is 22.7 Å². The number of rotatable bonds is 5. The molecule has 42 heavy (non-hydrogen) atoms. The van der Waals surface area contributed by atoms with Crippen LogP contribution >= 0.6 is 11.3 Å². The second kappa shape index (κ2) is 9.42. The number of benzene rings is 3. The van der Waals surface area contributed by atoms with Crippen LogP contribution < -0.4 is 15.2 Å². The van der Waals surface area contributed by atoms with E-state index in [2.05, 4.69) is 10.2 Å². The summed E-state index contributed by atoms with van der Waals surface area (Å²) in [6.07, 6.45) is 0.629. The molecule has 5 aromatic rings. The average molecular weight is 581 g/mol. The molecule has 1 atom stereocenters. The third-order valence-corrected chi connectivity index (χ3v) is 8.84. The van der Waals surface area contributed by atoms with E-state index >= 15 is 0 Å². The van der Waals surface area contributed by atoms with Crippen molar-refractivity contribution >= 4 is 44.9 Å². The van der Waals surface area contributed by atoms with Gasteiger partial charge in [-0.05, 0) is 48.2 Å². The second-order valence-corrected chi connectivity index (χ2v) is 12.1. The third kappa shape index (κ3) is 3.61. The minimum Gasteiger partial charge on any atom is -0.450 e. The van der Waals surface area contributed by atoms with E-state index in [9.17, 15) is 18.8 Å². The number of fused-ring (bicyclic) bond motifs is 5. The molecule has 10 heteroatoms. The average Bonchev–Trinajstić information content (AvgIpc) is 3.59. The summed E-state index contributed by atoms with van der Waals surface area (Å²) in [5.41, 5.74) is 0.260. The third-order valence-electron chi connectivity index (χ3n) is 7.91. The number of anilines is 2. The molecule has 1 spiro atoms. The van der Waals surface area contributed by atoms with E-state index < -0.39 is 28.6 Å². The highest BCUT2D eigenvalue weighted by atomic mass is 32.1. The van der Waals surface area contributed by atoms with Crippen LogP contribution in [-0.4, -0.2) is 22.0 Å². The Morgan fingerprint density at radius 3 is 2.55 bits per heavy atom. The number of aromatic nitrogens is 2. The summed E-state index contributed by atoms with van der Waals surface area (Å²) in [5, 5.41) is 9.48. The van der Waals surface area contributed by atoms with E-state index in [1.54, 1.807) is 23.1 Å². The Bertz CT molecular complexity index is 2000. The van der Waals surface area contributed by atoms with Crippen LogP contribution in [0.25, 0.3) is 11.0 Å². The van der Waals surface area contributed by atoms with Gasteiger partial charge in [-0.25, -0.2) is 4.39 Å². The van der Waals surface area contributed by atoms with Crippen molar-refractivity contribution in [1.29, 1.82) is 0 Å². The molecular weight excluding hydrogens is 555 g/mol. The van der Waals surface area contributed by atoms with Crippen LogP contribution in [0.3, 0.4) is 0 Å². The smallest absolute Gasteiger partial charge is 0.297 e. The Hall–Kier alpha value is -4.70. The van der Waals surface area contributed by atoms with Gasteiger partial charge in [0.1, 0.15) is 16.4 Å². The Balaban J connectivity index is 1.54. The van der Waals surface area contributed by atoms with E-state index in [1.807, 2.05) is 51.1 Å². The maximum atomic E-state index is 15.0. The first kappa shape index (κ1) is 26.2. The number of halogens is 1. The van der Waals surface area contributed by atoms with Crippen LogP contribution in [0.2, 0.25) is 0 Å². The van der Waals surface area contributed by atoms with Gasteiger partial charge in [-0.15, -0.1) is 10.2 Å². The van der Waals surface area contributed by atoms with Crippen molar-refractivity contribution in [3.05, 3.63) is 116 Å². The zero-order valence-corrected chi connectivity index (χ0v) is 23.9. The standard InChI is InChI=1S/C32H25FN4O4S/c1-17(2)14-25-34-35-31(42-25)37-29(39)28-26(27(38)21-15-20(33)12-13-24(21)41-28)32(37)22-10-6-7-11-23(22)36(30(32)40)16-19-9-5-4-8-18(19)3/h4-13,15,17H,14,16H2,1-3H3. The quantitative estimate of drug-likeness (QED) is 0.263. The largest absolute Gasteiger partial charge is 0.450 e. The number of aryl methyl sites for hydroxylation is 1. The summed E-state index contributed by atoms with van der Waals surface area (Å²) < 4.78 is 20.4. The predicted molar refractivity (Wildman–Crippen MR) is 157 cm³/mol.